The molecular weight excluding hydrogens is 230 g/mol. The highest BCUT2D eigenvalue weighted by atomic mass is 14.9. The Kier molecular flexibility index (Phi) is 4.51. The van der Waals surface area contributed by atoms with Crippen molar-refractivity contribution in [3.63, 3.8) is 0 Å². The third kappa shape index (κ3) is 3.17. The van der Waals surface area contributed by atoms with Crippen LogP contribution in [0.5, 0.6) is 0 Å². The molecule has 1 N–H and O–H groups in total. The van der Waals surface area contributed by atoms with E-state index in [2.05, 4.69) is 19.2 Å². The number of rotatable bonds is 6. The van der Waals surface area contributed by atoms with Gasteiger partial charge in [0.15, 0.2) is 0 Å². The molecule has 3 saturated carbocycles. The zero-order chi connectivity index (χ0) is 13.2. The minimum atomic E-state index is 0.842. The topological polar surface area (TPSA) is 12.0 Å². The van der Waals surface area contributed by atoms with Gasteiger partial charge in [0.2, 0.25) is 0 Å². The highest BCUT2D eigenvalue weighted by Gasteiger charge is 2.41. The van der Waals surface area contributed by atoms with Gasteiger partial charge in [0.05, 0.1) is 0 Å². The maximum Gasteiger partial charge on any atom is 0.00981 e. The lowest BCUT2D eigenvalue weighted by Gasteiger charge is -2.31. The van der Waals surface area contributed by atoms with Crippen LogP contribution in [0.3, 0.4) is 0 Å². The lowest BCUT2D eigenvalue weighted by atomic mass is 9.80. The van der Waals surface area contributed by atoms with Crippen molar-refractivity contribution in [1.82, 2.24) is 5.32 Å². The van der Waals surface area contributed by atoms with E-state index in [0.29, 0.717) is 0 Å². The van der Waals surface area contributed by atoms with Gasteiger partial charge in [-0.25, -0.2) is 0 Å². The first-order chi connectivity index (χ1) is 9.26. The molecular formula is C18H33N. The monoisotopic (exact) mass is 263 g/mol. The van der Waals surface area contributed by atoms with Crippen LogP contribution < -0.4 is 5.32 Å². The molecule has 0 aliphatic heterocycles. The van der Waals surface area contributed by atoms with Gasteiger partial charge in [0, 0.05) is 6.04 Å². The summed E-state index contributed by atoms with van der Waals surface area (Å²) in [5.74, 6) is 5.26. The average molecular weight is 263 g/mol. The summed E-state index contributed by atoms with van der Waals surface area (Å²) in [6.07, 6.45) is 13.5. The Morgan fingerprint density at radius 1 is 1.05 bits per heavy atom. The highest BCUT2D eigenvalue weighted by Crippen LogP contribution is 2.50. The Balaban J connectivity index is 1.56. The van der Waals surface area contributed by atoms with Crippen molar-refractivity contribution < 1.29 is 0 Å². The van der Waals surface area contributed by atoms with Crippen molar-refractivity contribution in [2.24, 2.45) is 29.6 Å². The van der Waals surface area contributed by atoms with Crippen LogP contribution in [0.2, 0.25) is 0 Å². The van der Waals surface area contributed by atoms with E-state index in [1.807, 2.05) is 0 Å². The van der Waals surface area contributed by atoms with Gasteiger partial charge < -0.3 is 5.32 Å². The van der Waals surface area contributed by atoms with Gasteiger partial charge in [-0.1, -0.05) is 26.7 Å². The fourth-order valence-electron chi connectivity index (χ4n) is 5.38. The summed E-state index contributed by atoms with van der Waals surface area (Å²) in [5, 5.41) is 3.92. The number of hydrogen-bond donors (Lipinski definition) is 1. The maximum absolute atomic E-state index is 3.92. The molecule has 3 rings (SSSR count). The molecule has 110 valence electrons. The Bertz CT molecular complexity index is 287. The normalized spacial score (nSPS) is 42.9. The third-order valence-corrected chi connectivity index (χ3v) is 6.40. The molecule has 0 saturated heterocycles. The van der Waals surface area contributed by atoms with Crippen LogP contribution in [-0.2, 0) is 0 Å². The minimum Gasteiger partial charge on any atom is -0.314 e. The Morgan fingerprint density at radius 3 is 2.53 bits per heavy atom. The van der Waals surface area contributed by atoms with Crippen molar-refractivity contribution in [3.8, 4) is 0 Å². The van der Waals surface area contributed by atoms with Crippen LogP contribution in [0.4, 0.5) is 0 Å². The van der Waals surface area contributed by atoms with E-state index in [-0.39, 0.29) is 0 Å². The Hall–Kier alpha value is -0.0400. The van der Waals surface area contributed by atoms with E-state index in [9.17, 15) is 0 Å². The molecule has 1 nitrogen and oxygen atoms in total. The van der Waals surface area contributed by atoms with E-state index >= 15 is 0 Å². The second-order valence-electron chi connectivity index (χ2n) is 7.91. The first-order valence-corrected chi connectivity index (χ1v) is 8.99. The standard InChI is InChI=1S/C18H33N/c1-3-8-19-18(16-6-4-13(2)9-16)12-17-11-14-5-7-15(17)10-14/h13-19H,3-12H2,1-2H3. The summed E-state index contributed by atoms with van der Waals surface area (Å²) in [6, 6.07) is 0.842. The van der Waals surface area contributed by atoms with Crippen LogP contribution >= 0.6 is 0 Å². The van der Waals surface area contributed by atoms with Gasteiger partial charge in [0.25, 0.3) is 0 Å². The zero-order valence-electron chi connectivity index (χ0n) is 13.0. The Morgan fingerprint density at radius 2 is 1.95 bits per heavy atom. The minimum absolute atomic E-state index is 0.842. The first kappa shape index (κ1) is 13.9. The number of hydrogen-bond acceptors (Lipinski definition) is 1. The van der Waals surface area contributed by atoms with Gasteiger partial charge in [-0.3, -0.25) is 0 Å². The predicted molar refractivity (Wildman–Crippen MR) is 82.1 cm³/mol. The fraction of sp³-hybridized carbons (Fsp3) is 1.00. The van der Waals surface area contributed by atoms with E-state index in [4.69, 9.17) is 0 Å². The summed E-state index contributed by atoms with van der Waals surface area (Å²) in [4.78, 5) is 0. The smallest absolute Gasteiger partial charge is 0.00981 e. The SMILES string of the molecule is CCCNC(CC1CC2CCC1C2)C1CCC(C)C1. The molecule has 0 aromatic heterocycles. The van der Waals surface area contributed by atoms with Crippen LogP contribution in [-0.4, -0.2) is 12.6 Å². The molecule has 0 aromatic rings. The van der Waals surface area contributed by atoms with Crippen LogP contribution in [0.1, 0.15) is 71.6 Å². The second kappa shape index (κ2) is 6.16. The third-order valence-electron chi connectivity index (χ3n) is 6.40. The van der Waals surface area contributed by atoms with E-state index < -0.39 is 0 Å². The van der Waals surface area contributed by atoms with E-state index in [0.717, 1.165) is 35.6 Å². The summed E-state index contributed by atoms with van der Waals surface area (Å²) >= 11 is 0. The molecule has 0 heterocycles. The largest absolute Gasteiger partial charge is 0.314 e. The summed E-state index contributed by atoms with van der Waals surface area (Å²) in [5.41, 5.74) is 0. The lowest BCUT2D eigenvalue weighted by molar-refractivity contribution is 0.235. The Labute approximate surface area is 119 Å². The lowest BCUT2D eigenvalue weighted by Crippen LogP contribution is -2.38. The molecule has 0 aromatic carbocycles. The summed E-state index contributed by atoms with van der Waals surface area (Å²) in [7, 11) is 0. The summed E-state index contributed by atoms with van der Waals surface area (Å²) < 4.78 is 0. The molecule has 6 unspecified atom stereocenters. The van der Waals surface area contributed by atoms with Gasteiger partial charge in [-0.05, 0) is 81.1 Å². The fourth-order valence-corrected chi connectivity index (χ4v) is 5.38. The maximum atomic E-state index is 3.92. The molecule has 3 aliphatic rings. The van der Waals surface area contributed by atoms with Crippen LogP contribution in [0.15, 0.2) is 0 Å². The van der Waals surface area contributed by atoms with E-state index in [1.54, 1.807) is 25.7 Å². The van der Waals surface area contributed by atoms with Crippen molar-refractivity contribution in [2.45, 2.75) is 77.7 Å². The first-order valence-electron chi connectivity index (χ1n) is 8.99. The average Bonchev–Trinajstić information content (AvgIpc) is 3.10. The van der Waals surface area contributed by atoms with Gasteiger partial charge in [-0.2, -0.15) is 0 Å². The van der Waals surface area contributed by atoms with Crippen molar-refractivity contribution in [2.75, 3.05) is 6.54 Å². The molecule has 1 heteroatoms. The summed E-state index contributed by atoms with van der Waals surface area (Å²) in [6.45, 7) is 5.99. The van der Waals surface area contributed by atoms with Gasteiger partial charge >= 0.3 is 0 Å². The molecule has 0 amide bonds. The quantitative estimate of drug-likeness (QED) is 0.737. The number of fused-ring (bicyclic) bond motifs is 2. The molecule has 6 atom stereocenters. The highest BCUT2D eigenvalue weighted by molar-refractivity contribution is 4.94. The predicted octanol–water partition coefficient (Wildman–Crippen LogP) is 4.62. The van der Waals surface area contributed by atoms with Crippen molar-refractivity contribution in [3.05, 3.63) is 0 Å². The zero-order valence-corrected chi connectivity index (χ0v) is 13.0. The van der Waals surface area contributed by atoms with Gasteiger partial charge in [0.1, 0.15) is 0 Å². The van der Waals surface area contributed by atoms with E-state index in [1.165, 1.54) is 38.6 Å². The molecule has 0 radical (unpaired) electrons. The van der Waals surface area contributed by atoms with Crippen LogP contribution in [0, 0.1) is 29.6 Å². The number of nitrogens with one attached hydrogen (secondary N) is 1. The molecule has 2 bridgehead atoms. The molecule has 3 aliphatic carbocycles. The molecule has 3 fully saturated rings. The van der Waals surface area contributed by atoms with Crippen LogP contribution in [0.25, 0.3) is 0 Å². The second-order valence-corrected chi connectivity index (χ2v) is 7.91. The van der Waals surface area contributed by atoms with Crippen molar-refractivity contribution in [1.29, 1.82) is 0 Å². The van der Waals surface area contributed by atoms with Crippen molar-refractivity contribution >= 4 is 0 Å². The molecule has 0 spiro atoms. The molecule has 19 heavy (non-hydrogen) atoms. The van der Waals surface area contributed by atoms with Gasteiger partial charge in [-0.15, -0.1) is 0 Å².